The van der Waals surface area contributed by atoms with Crippen LogP contribution in [0.4, 0.5) is 11.4 Å². The summed E-state index contributed by atoms with van der Waals surface area (Å²) in [7, 11) is -3.76. The van der Waals surface area contributed by atoms with E-state index in [1.807, 2.05) is 13.0 Å². The van der Waals surface area contributed by atoms with E-state index in [9.17, 15) is 18.0 Å². The van der Waals surface area contributed by atoms with Gasteiger partial charge in [-0.25, -0.2) is 8.42 Å². The Morgan fingerprint density at radius 2 is 1.88 bits per heavy atom. The van der Waals surface area contributed by atoms with Gasteiger partial charge in [0.15, 0.2) is 0 Å². The predicted octanol–water partition coefficient (Wildman–Crippen LogP) is 3.99. The molecule has 7 nitrogen and oxygen atoms in total. The topological polar surface area (TPSA) is 86.8 Å². The van der Waals surface area contributed by atoms with Crippen molar-refractivity contribution in [1.82, 2.24) is 4.31 Å². The van der Waals surface area contributed by atoms with Crippen molar-refractivity contribution in [3.8, 4) is 0 Å². The van der Waals surface area contributed by atoms with E-state index in [0.29, 0.717) is 36.6 Å². The summed E-state index contributed by atoms with van der Waals surface area (Å²) < 4.78 is 28.2. The van der Waals surface area contributed by atoms with Gasteiger partial charge >= 0.3 is 0 Å². The minimum absolute atomic E-state index is 0.0496. The maximum absolute atomic E-state index is 13.4. The molecule has 33 heavy (non-hydrogen) atoms. The highest BCUT2D eigenvalue weighted by Crippen LogP contribution is 2.32. The number of hydrogen-bond acceptors (Lipinski definition) is 4. The Hall–Kier alpha value is -2.42. The molecule has 4 rings (SSSR count). The molecule has 0 radical (unpaired) electrons. The number of anilines is 2. The molecule has 176 valence electrons. The van der Waals surface area contributed by atoms with Gasteiger partial charge in [0.25, 0.3) is 0 Å². The molecule has 9 heteroatoms. The highest BCUT2D eigenvalue weighted by atomic mass is 35.5. The molecule has 1 atom stereocenters. The first kappa shape index (κ1) is 23.7. The summed E-state index contributed by atoms with van der Waals surface area (Å²) in [6.07, 6.45) is 2.75. The van der Waals surface area contributed by atoms with Gasteiger partial charge in [0.1, 0.15) is 0 Å². The molecular weight excluding hydrogens is 462 g/mol. The summed E-state index contributed by atoms with van der Waals surface area (Å²) in [4.78, 5) is 26.7. The molecule has 1 saturated heterocycles. The third kappa shape index (κ3) is 4.93. The van der Waals surface area contributed by atoms with E-state index in [4.69, 9.17) is 11.6 Å². The molecule has 0 saturated carbocycles. The van der Waals surface area contributed by atoms with Crippen molar-refractivity contribution in [1.29, 1.82) is 0 Å². The van der Waals surface area contributed by atoms with Crippen LogP contribution >= 0.6 is 11.6 Å². The number of piperidine rings is 1. The molecule has 2 aromatic carbocycles. The molecule has 0 aromatic heterocycles. The Morgan fingerprint density at radius 3 is 2.64 bits per heavy atom. The van der Waals surface area contributed by atoms with Gasteiger partial charge in [-0.2, -0.15) is 4.31 Å². The number of nitrogens with one attached hydrogen (secondary N) is 1. The molecule has 0 unspecified atom stereocenters. The normalized spacial score (nSPS) is 19.1. The number of hydrogen-bond donors (Lipinski definition) is 1. The maximum Gasteiger partial charge on any atom is 0.243 e. The molecule has 1 fully saturated rings. The van der Waals surface area contributed by atoms with Gasteiger partial charge in [-0.15, -0.1) is 0 Å². The summed E-state index contributed by atoms with van der Waals surface area (Å²) >= 11 is 6.05. The van der Waals surface area contributed by atoms with E-state index in [-0.39, 0.29) is 23.3 Å². The van der Waals surface area contributed by atoms with Crippen LogP contribution in [0.3, 0.4) is 0 Å². The number of carbonyl (C=O) groups excluding carboxylic acids is 2. The lowest BCUT2D eigenvalue weighted by Crippen LogP contribution is -2.43. The first-order chi connectivity index (χ1) is 15.7. The highest BCUT2D eigenvalue weighted by molar-refractivity contribution is 7.89. The van der Waals surface area contributed by atoms with Crippen LogP contribution in [0.1, 0.15) is 37.3 Å². The number of nitrogens with zero attached hydrogens (tertiary/aromatic N) is 2. The van der Waals surface area contributed by atoms with Gasteiger partial charge in [0, 0.05) is 43.0 Å². The summed E-state index contributed by atoms with van der Waals surface area (Å²) in [6.45, 7) is 4.54. The van der Waals surface area contributed by atoms with Crippen molar-refractivity contribution in [3.63, 3.8) is 0 Å². The second-order valence-electron chi connectivity index (χ2n) is 8.72. The standard InChI is InChI=1S/C24H28ClN3O4S/c1-16-7-8-20(25)14-22(16)26-24(30)19-6-3-11-27(15-19)33(31,32)21-9-10-23-18(13-21)5-4-12-28(23)17(2)29/h7-10,13-14,19H,3-6,11-12,15H2,1-2H3,(H,26,30)/t19-/m1/s1. The number of benzene rings is 2. The van der Waals surface area contributed by atoms with Crippen LogP contribution in [0.2, 0.25) is 5.02 Å². The Balaban J connectivity index is 1.52. The fourth-order valence-corrected chi connectivity index (χ4v) is 6.30. The number of fused-ring (bicyclic) bond motifs is 1. The first-order valence-electron chi connectivity index (χ1n) is 11.1. The fraction of sp³-hybridized carbons (Fsp3) is 0.417. The summed E-state index contributed by atoms with van der Waals surface area (Å²) in [6, 6.07) is 10.3. The van der Waals surface area contributed by atoms with Gasteiger partial charge < -0.3 is 10.2 Å². The molecule has 0 bridgehead atoms. The van der Waals surface area contributed by atoms with Crippen LogP contribution in [-0.2, 0) is 26.0 Å². The Kier molecular flexibility index (Phi) is 6.79. The van der Waals surface area contributed by atoms with Crippen molar-refractivity contribution in [3.05, 3.63) is 52.5 Å². The molecule has 2 amide bonds. The highest BCUT2D eigenvalue weighted by Gasteiger charge is 2.34. The molecular formula is C24H28ClN3O4S. The molecule has 2 aliphatic heterocycles. The largest absolute Gasteiger partial charge is 0.326 e. The lowest BCUT2D eigenvalue weighted by Gasteiger charge is -2.32. The van der Waals surface area contributed by atoms with Crippen molar-refractivity contribution in [2.45, 2.75) is 44.4 Å². The van der Waals surface area contributed by atoms with Gasteiger partial charge in [-0.05, 0) is 74.1 Å². The lowest BCUT2D eigenvalue weighted by atomic mass is 9.98. The average molecular weight is 490 g/mol. The van der Waals surface area contributed by atoms with Crippen LogP contribution < -0.4 is 10.2 Å². The van der Waals surface area contributed by atoms with E-state index in [1.165, 1.54) is 11.2 Å². The fourth-order valence-electron chi connectivity index (χ4n) is 4.55. The molecule has 2 heterocycles. The van der Waals surface area contributed by atoms with Crippen LogP contribution in [0.25, 0.3) is 0 Å². The summed E-state index contributed by atoms with van der Waals surface area (Å²) in [5.74, 6) is -0.702. The van der Waals surface area contributed by atoms with E-state index >= 15 is 0 Å². The van der Waals surface area contributed by atoms with E-state index in [2.05, 4.69) is 5.32 Å². The van der Waals surface area contributed by atoms with Gasteiger partial charge in [0.05, 0.1) is 10.8 Å². The number of aryl methyl sites for hydroxylation is 2. The molecule has 0 spiro atoms. The molecule has 2 aromatic rings. The van der Waals surface area contributed by atoms with Gasteiger partial charge in [0.2, 0.25) is 21.8 Å². The number of halogens is 1. The Labute approximate surface area is 199 Å². The SMILES string of the molecule is CC(=O)N1CCCc2cc(S(=O)(=O)N3CCC[C@@H](C(=O)Nc4cc(Cl)ccc4C)C3)ccc21. The zero-order chi connectivity index (χ0) is 23.8. The van der Waals surface area contributed by atoms with Crippen molar-refractivity contribution < 1.29 is 18.0 Å². The van der Waals surface area contributed by atoms with Gasteiger partial charge in [-0.1, -0.05) is 17.7 Å². The van der Waals surface area contributed by atoms with E-state index in [0.717, 1.165) is 29.7 Å². The Morgan fingerprint density at radius 1 is 1.09 bits per heavy atom. The van der Waals surface area contributed by atoms with Gasteiger partial charge in [-0.3, -0.25) is 9.59 Å². The molecule has 2 aliphatic rings. The minimum Gasteiger partial charge on any atom is -0.326 e. The van der Waals surface area contributed by atoms with Crippen molar-refractivity contribution in [2.24, 2.45) is 5.92 Å². The van der Waals surface area contributed by atoms with Crippen LogP contribution in [0.5, 0.6) is 0 Å². The average Bonchev–Trinajstić information content (AvgIpc) is 2.80. The second-order valence-corrected chi connectivity index (χ2v) is 11.1. The number of rotatable bonds is 4. The van der Waals surface area contributed by atoms with Crippen molar-refractivity contribution >= 4 is 44.8 Å². The summed E-state index contributed by atoms with van der Waals surface area (Å²) in [5.41, 5.74) is 3.17. The lowest BCUT2D eigenvalue weighted by molar-refractivity contribution is -0.121. The summed E-state index contributed by atoms with van der Waals surface area (Å²) in [5, 5.41) is 3.43. The van der Waals surface area contributed by atoms with Crippen LogP contribution in [-0.4, -0.2) is 44.2 Å². The molecule has 0 aliphatic carbocycles. The predicted molar refractivity (Wildman–Crippen MR) is 129 cm³/mol. The first-order valence-corrected chi connectivity index (χ1v) is 13.0. The Bertz CT molecular complexity index is 1200. The van der Waals surface area contributed by atoms with Crippen LogP contribution in [0.15, 0.2) is 41.3 Å². The third-order valence-corrected chi connectivity index (χ3v) is 8.50. The maximum atomic E-state index is 13.4. The number of sulfonamides is 1. The van der Waals surface area contributed by atoms with E-state index < -0.39 is 15.9 Å². The smallest absolute Gasteiger partial charge is 0.243 e. The van der Waals surface area contributed by atoms with E-state index in [1.54, 1.807) is 35.2 Å². The zero-order valence-corrected chi connectivity index (χ0v) is 20.4. The second kappa shape index (κ2) is 9.44. The number of carbonyl (C=O) groups is 2. The molecule has 1 N–H and O–H groups in total. The van der Waals surface area contributed by atoms with Crippen LogP contribution in [0, 0.1) is 12.8 Å². The zero-order valence-electron chi connectivity index (χ0n) is 18.8. The monoisotopic (exact) mass is 489 g/mol. The number of amides is 2. The quantitative estimate of drug-likeness (QED) is 0.703. The minimum atomic E-state index is -3.76. The van der Waals surface area contributed by atoms with Crippen molar-refractivity contribution in [2.75, 3.05) is 29.9 Å². The third-order valence-electron chi connectivity index (χ3n) is 6.40.